The average Bonchev–Trinajstić information content (AvgIpc) is 2.70. The average molecular weight is 306 g/mol. The molecule has 3 nitrogen and oxygen atoms in total. The summed E-state index contributed by atoms with van der Waals surface area (Å²) in [4.78, 5) is 11.2. The van der Waals surface area contributed by atoms with Gasteiger partial charge in [-0.1, -0.05) is 18.2 Å². The topological polar surface area (TPSA) is 51.2 Å². The van der Waals surface area contributed by atoms with Crippen molar-refractivity contribution in [3.05, 3.63) is 35.4 Å². The van der Waals surface area contributed by atoms with Crippen LogP contribution in [0.1, 0.15) is 23.5 Å². The molecule has 0 bridgehead atoms. The summed E-state index contributed by atoms with van der Waals surface area (Å²) in [6.07, 6.45) is -3.91. The van der Waals surface area contributed by atoms with Crippen molar-refractivity contribution in [2.45, 2.75) is 18.5 Å². The second-order valence-electron chi connectivity index (χ2n) is 4.91. The van der Waals surface area contributed by atoms with E-state index in [0.717, 1.165) is 6.07 Å². The van der Waals surface area contributed by atoms with Gasteiger partial charge in [-0.25, -0.2) is 8.42 Å². The summed E-state index contributed by atoms with van der Waals surface area (Å²) >= 11 is 0. The van der Waals surface area contributed by atoms with Gasteiger partial charge in [-0.05, 0) is 24.0 Å². The maximum Gasteiger partial charge on any atom is 0.416 e. The van der Waals surface area contributed by atoms with Crippen molar-refractivity contribution in [1.82, 2.24) is 0 Å². The first-order chi connectivity index (χ1) is 9.24. The first-order valence-corrected chi connectivity index (χ1v) is 7.88. The van der Waals surface area contributed by atoms with Crippen molar-refractivity contribution < 1.29 is 26.4 Å². The summed E-state index contributed by atoms with van der Waals surface area (Å²) < 4.78 is 61.7. The third-order valence-electron chi connectivity index (χ3n) is 3.55. The summed E-state index contributed by atoms with van der Waals surface area (Å²) in [6, 6.07) is 4.83. The molecule has 20 heavy (non-hydrogen) atoms. The number of benzene rings is 1. The van der Waals surface area contributed by atoms with Crippen LogP contribution in [0.15, 0.2) is 24.3 Å². The van der Waals surface area contributed by atoms with E-state index in [-0.39, 0.29) is 23.5 Å². The monoisotopic (exact) mass is 306 g/mol. The Hall–Kier alpha value is -1.37. The minimum atomic E-state index is -4.56. The second kappa shape index (κ2) is 5.20. The van der Waals surface area contributed by atoms with E-state index in [1.807, 2.05) is 0 Å². The van der Waals surface area contributed by atoms with Crippen molar-refractivity contribution in [1.29, 1.82) is 0 Å². The van der Waals surface area contributed by atoms with E-state index in [1.165, 1.54) is 18.2 Å². The molecule has 1 aromatic rings. The Morgan fingerprint density at radius 3 is 2.40 bits per heavy atom. The van der Waals surface area contributed by atoms with E-state index in [2.05, 4.69) is 0 Å². The highest BCUT2D eigenvalue weighted by atomic mass is 32.2. The minimum absolute atomic E-state index is 0.0732. The number of carbonyl (C=O) groups excluding carboxylic acids is 1. The summed E-state index contributed by atoms with van der Waals surface area (Å²) in [5.41, 5.74) is -1.02. The van der Waals surface area contributed by atoms with E-state index < -0.39 is 33.4 Å². The Morgan fingerprint density at radius 1 is 1.25 bits per heavy atom. The van der Waals surface area contributed by atoms with Gasteiger partial charge in [0.15, 0.2) is 9.84 Å². The number of carbonyl (C=O) groups is 1. The zero-order chi connectivity index (χ0) is 15.0. The lowest BCUT2D eigenvalue weighted by Crippen LogP contribution is -2.20. The van der Waals surface area contributed by atoms with E-state index in [4.69, 9.17) is 0 Å². The SMILES string of the molecule is O=CC(c1ccccc1C(F)(F)F)C1CCS(=O)(=O)C1. The highest BCUT2D eigenvalue weighted by molar-refractivity contribution is 7.91. The Morgan fingerprint density at radius 2 is 1.90 bits per heavy atom. The van der Waals surface area contributed by atoms with E-state index >= 15 is 0 Å². The van der Waals surface area contributed by atoms with Crippen LogP contribution in [0.25, 0.3) is 0 Å². The number of hydrogen-bond donors (Lipinski definition) is 0. The molecule has 1 heterocycles. The number of rotatable bonds is 3. The fourth-order valence-electron chi connectivity index (χ4n) is 2.59. The zero-order valence-electron chi connectivity index (χ0n) is 10.4. The summed E-state index contributed by atoms with van der Waals surface area (Å²) in [6.45, 7) is 0. The highest BCUT2D eigenvalue weighted by Gasteiger charge is 2.40. The molecule has 1 aliphatic rings. The Kier molecular flexibility index (Phi) is 3.90. The van der Waals surface area contributed by atoms with Crippen molar-refractivity contribution in [3.8, 4) is 0 Å². The van der Waals surface area contributed by atoms with Crippen LogP contribution in [0.3, 0.4) is 0 Å². The Balaban J connectivity index is 2.41. The van der Waals surface area contributed by atoms with Crippen LogP contribution in [0.5, 0.6) is 0 Å². The van der Waals surface area contributed by atoms with Gasteiger partial charge in [0.2, 0.25) is 0 Å². The standard InChI is InChI=1S/C13H13F3O3S/c14-13(15,16)12-4-2-1-3-10(12)11(7-17)9-5-6-20(18,19)8-9/h1-4,7,9,11H,5-6,8H2. The molecule has 110 valence electrons. The molecule has 0 radical (unpaired) electrons. The lowest BCUT2D eigenvalue weighted by atomic mass is 9.84. The van der Waals surface area contributed by atoms with Gasteiger partial charge in [-0.3, -0.25) is 0 Å². The Labute approximate surface area is 114 Å². The van der Waals surface area contributed by atoms with E-state index in [1.54, 1.807) is 0 Å². The zero-order valence-corrected chi connectivity index (χ0v) is 11.2. The van der Waals surface area contributed by atoms with Gasteiger partial charge < -0.3 is 4.79 Å². The summed E-state index contributed by atoms with van der Waals surface area (Å²) in [5, 5.41) is 0. The van der Waals surface area contributed by atoms with Crippen LogP contribution in [0.4, 0.5) is 13.2 Å². The van der Waals surface area contributed by atoms with Gasteiger partial charge in [-0.2, -0.15) is 13.2 Å². The van der Waals surface area contributed by atoms with Crippen LogP contribution >= 0.6 is 0 Å². The maximum atomic E-state index is 12.9. The van der Waals surface area contributed by atoms with Crippen LogP contribution in [-0.4, -0.2) is 26.2 Å². The molecule has 0 saturated carbocycles. The molecular weight excluding hydrogens is 293 g/mol. The van der Waals surface area contributed by atoms with Crippen LogP contribution < -0.4 is 0 Å². The van der Waals surface area contributed by atoms with Crippen molar-refractivity contribution in [2.75, 3.05) is 11.5 Å². The molecule has 0 aliphatic carbocycles. The summed E-state index contributed by atoms with van der Waals surface area (Å²) in [7, 11) is -3.25. The predicted molar refractivity (Wildman–Crippen MR) is 67.0 cm³/mol. The molecule has 2 rings (SSSR count). The fraction of sp³-hybridized carbons (Fsp3) is 0.462. The molecule has 0 amide bonds. The van der Waals surface area contributed by atoms with Gasteiger partial charge in [0.1, 0.15) is 6.29 Å². The molecule has 0 N–H and O–H groups in total. The number of hydrogen-bond acceptors (Lipinski definition) is 3. The number of aldehydes is 1. The Bertz CT molecular complexity index is 608. The minimum Gasteiger partial charge on any atom is -0.303 e. The quantitative estimate of drug-likeness (QED) is 0.806. The second-order valence-corrected chi connectivity index (χ2v) is 7.14. The third kappa shape index (κ3) is 3.03. The number of alkyl halides is 3. The van der Waals surface area contributed by atoms with E-state index in [0.29, 0.717) is 6.29 Å². The van der Waals surface area contributed by atoms with Gasteiger partial charge in [-0.15, -0.1) is 0 Å². The molecule has 0 spiro atoms. The maximum absolute atomic E-state index is 12.9. The molecule has 0 aromatic heterocycles. The molecular formula is C13H13F3O3S. The lowest BCUT2D eigenvalue weighted by Gasteiger charge is -2.21. The largest absolute Gasteiger partial charge is 0.416 e. The van der Waals surface area contributed by atoms with Crippen LogP contribution in [-0.2, 0) is 20.8 Å². The smallest absolute Gasteiger partial charge is 0.303 e. The third-order valence-corrected chi connectivity index (χ3v) is 5.34. The first kappa shape index (κ1) is 15.0. The number of halogens is 3. The molecule has 1 saturated heterocycles. The molecule has 1 aliphatic heterocycles. The van der Waals surface area contributed by atoms with Crippen molar-refractivity contribution >= 4 is 16.1 Å². The van der Waals surface area contributed by atoms with E-state index in [9.17, 15) is 26.4 Å². The summed E-state index contributed by atoms with van der Waals surface area (Å²) in [5.74, 6) is -1.93. The molecule has 1 fully saturated rings. The first-order valence-electron chi connectivity index (χ1n) is 6.06. The van der Waals surface area contributed by atoms with Crippen LogP contribution in [0, 0.1) is 5.92 Å². The van der Waals surface area contributed by atoms with Crippen molar-refractivity contribution in [2.24, 2.45) is 5.92 Å². The van der Waals surface area contributed by atoms with Gasteiger partial charge in [0, 0.05) is 5.92 Å². The highest BCUT2D eigenvalue weighted by Crippen LogP contribution is 2.39. The predicted octanol–water partition coefficient (Wildman–Crippen LogP) is 2.42. The van der Waals surface area contributed by atoms with Crippen molar-refractivity contribution in [3.63, 3.8) is 0 Å². The fourth-order valence-corrected chi connectivity index (χ4v) is 4.45. The lowest BCUT2D eigenvalue weighted by molar-refractivity contribution is -0.138. The molecule has 2 unspecified atom stereocenters. The number of sulfone groups is 1. The van der Waals surface area contributed by atoms with Crippen LogP contribution in [0.2, 0.25) is 0 Å². The molecule has 2 atom stereocenters. The van der Waals surface area contributed by atoms with Gasteiger partial charge in [0.25, 0.3) is 0 Å². The van der Waals surface area contributed by atoms with Gasteiger partial charge >= 0.3 is 6.18 Å². The normalized spacial score (nSPS) is 23.4. The molecule has 1 aromatic carbocycles. The van der Waals surface area contributed by atoms with Gasteiger partial charge in [0.05, 0.1) is 17.1 Å². The molecule has 7 heteroatoms.